The number of aliphatic imine (C=N–C) groups is 1. The number of nitrogens with one attached hydrogen (secondary N) is 1. The summed E-state index contributed by atoms with van der Waals surface area (Å²) < 4.78 is 17.0. The summed E-state index contributed by atoms with van der Waals surface area (Å²) in [4.78, 5) is 6.80. The van der Waals surface area contributed by atoms with Crippen molar-refractivity contribution in [2.45, 2.75) is 32.8 Å². The molecule has 1 fully saturated rings. The molecule has 0 amide bonds. The lowest BCUT2D eigenvalue weighted by Gasteiger charge is -2.23. The normalized spacial score (nSPS) is 15.5. The standard InChI is InChI=1S/C20H33N3O3/c1-5-21-20(23(3)12-13-25-15-17-10-11-17)22-14-16(2)26-19-9-7-6-8-18(19)24-4/h6-9,16-17H,5,10-15H2,1-4H3,(H,21,22). The van der Waals surface area contributed by atoms with E-state index in [1.54, 1.807) is 7.11 Å². The first-order valence-corrected chi connectivity index (χ1v) is 9.50. The van der Waals surface area contributed by atoms with Crippen molar-refractivity contribution >= 4 is 5.96 Å². The van der Waals surface area contributed by atoms with Gasteiger partial charge in [-0.15, -0.1) is 0 Å². The van der Waals surface area contributed by atoms with Crippen molar-refractivity contribution in [3.05, 3.63) is 24.3 Å². The quantitative estimate of drug-likeness (QED) is 0.372. The molecule has 1 saturated carbocycles. The molecule has 0 radical (unpaired) electrons. The highest BCUT2D eigenvalue weighted by atomic mass is 16.5. The van der Waals surface area contributed by atoms with Gasteiger partial charge in [0.2, 0.25) is 0 Å². The molecule has 1 unspecified atom stereocenters. The van der Waals surface area contributed by atoms with Crippen LogP contribution in [0.15, 0.2) is 29.3 Å². The van der Waals surface area contributed by atoms with E-state index >= 15 is 0 Å². The van der Waals surface area contributed by atoms with Crippen LogP contribution >= 0.6 is 0 Å². The SMILES string of the molecule is CCNC(=NCC(C)Oc1ccccc1OC)N(C)CCOCC1CC1. The van der Waals surface area contributed by atoms with Crippen molar-refractivity contribution in [3.8, 4) is 11.5 Å². The largest absolute Gasteiger partial charge is 0.493 e. The smallest absolute Gasteiger partial charge is 0.193 e. The van der Waals surface area contributed by atoms with E-state index in [1.807, 2.05) is 38.2 Å². The molecule has 0 aromatic heterocycles. The number of nitrogens with zero attached hydrogens (tertiary/aromatic N) is 2. The second kappa shape index (κ2) is 10.9. The highest BCUT2D eigenvalue weighted by molar-refractivity contribution is 5.79. The van der Waals surface area contributed by atoms with Crippen LogP contribution in [0.3, 0.4) is 0 Å². The highest BCUT2D eigenvalue weighted by Gasteiger charge is 2.21. The van der Waals surface area contributed by atoms with Crippen molar-refractivity contribution in [3.63, 3.8) is 0 Å². The molecule has 6 nitrogen and oxygen atoms in total. The summed E-state index contributed by atoms with van der Waals surface area (Å²) >= 11 is 0. The lowest BCUT2D eigenvalue weighted by molar-refractivity contribution is 0.115. The Hall–Kier alpha value is -1.95. The number of likely N-dealkylation sites (N-methyl/N-ethyl adjacent to an activating group) is 1. The number of benzene rings is 1. The van der Waals surface area contributed by atoms with Crippen LogP contribution in [0.4, 0.5) is 0 Å². The van der Waals surface area contributed by atoms with Gasteiger partial charge >= 0.3 is 0 Å². The summed E-state index contributed by atoms with van der Waals surface area (Å²) in [6.07, 6.45) is 2.59. The van der Waals surface area contributed by atoms with Gasteiger partial charge in [-0.25, -0.2) is 4.99 Å². The zero-order chi connectivity index (χ0) is 18.8. The van der Waals surface area contributed by atoms with Crippen molar-refractivity contribution in [1.82, 2.24) is 10.2 Å². The molecular weight excluding hydrogens is 330 g/mol. The topological polar surface area (TPSA) is 55.3 Å². The van der Waals surface area contributed by atoms with Gasteiger partial charge in [-0.3, -0.25) is 0 Å². The Balaban J connectivity index is 1.81. The predicted molar refractivity (Wildman–Crippen MR) is 105 cm³/mol. The van der Waals surface area contributed by atoms with Crippen molar-refractivity contribution in [1.29, 1.82) is 0 Å². The van der Waals surface area contributed by atoms with E-state index in [9.17, 15) is 0 Å². The van der Waals surface area contributed by atoms with E-state index in [0.29, 0.717) is 6.54 Å². The van der Waals surface area contributed by atoms with Gasteiger partial charge in [-0.05, 0) is 44.7 Å². The third kappa shape index (κ3) is 7.12. The fourth-order valence-corrected chi connectivity index (χ4v) is 2.50. The molecule has 2 rings (SSSR count). The number of para-hydroxylation sites is 2. The predicted octanol–water partition coefficient (Wildman–Crippen LogP) is 2.79. The Kier molecular flexibility index (Phi) is 8.54. The first kappa shape index (κ1) is 20.4. The summed E-state index contributed by atoms with van der Waals surface area (Å²) in [7, 11) is 3.68. The minimum atomic E-state index is -0.0560. The molecule has 1 atom stereocenters. The lowest BCUT2D eigenvalue weighted by Crippen LogP contribution is -2.41. The number of rotatable bonds is 11. The van der Waals surface area contributed by atoms with Gasteiger partial charge in [-0.1, -0.05) is 12.1 Å². The third-order valence-electron chi connectivity index (χ3n) is 4.21. The summed E-state index contributed by atoms with van der Waals surface area (Å²) in [5, 5.41) is 3.33. The minimum absolute atomic E-state index is 0.0560. The first-order chi connectivity index (χ1) is 12.6. The zero-order valence-electron chi connectivity index (χ0n) is 16.5. The van der Waals surface area contributed by atoms with Gasteiger partial charge in [0.1, 0.15) is 6.10 Å². The number of hydrogen-bond donors (Lipinski definition) is 1. The molecule has 146 valence electrons. The molecule has 0 bridgehead atoms. The van der Waals surface area contributed by atoms with Crippen molar-refractivity contribution < 1.29 is 14.2 Å². The van der Waals surface area contributed by atoms with E-state index in [1.165, 1.54) is 12.8 Å². The van der Waals surface area contributed by atoms with Crippen molar-refractivity contribution in [2.75, 3.05) is 47.0 Å². The third-order valence-corrected chi connectivity index (χ3v) is 4.21. The second-order valence-electron chi connectivity index (χ2n) is 6.71. The van der Waals surface area contributed by atoms with Gasteiger partial charge in [0, 0.05) is 26.7 Å². The molecule has 0 spiro atoms. The van der Waals surface area contributed by atoms with Crippen molar-refractivity contribution in [2.24, 2.45) is 10.9 Å². The lowest BCUT2D eigenvalue weighted by atomic mass is 10.3. The Bertz CT molecular complexity index is 561. The summed E-state index contributed by atoms with van der Waals surface area (Å²) in [5.74, 6) is 3.15. The van der Waals surface area contributed by atoms with Crippen LogP contribution in [0.1, 0.15) is 26.7 Å². The molecule has 1 aromatic rings. The molecule has 1 N–H and O–H groups in total. The van der Waals surface area contributed by atoms with Crippen LogP contribution in [0.5, 0.6) is 11.5 Å². The zero-order valence-corrected chi connectivity index (χ0v) is 16.5. The molecule has 6 heteroatoms. The van der Waals surface area contributed by atoms with Gasteiger partial charge in [0.15, 0.2) is 17.5 Å². The number of ether oxygens (including phenoxy) is 3. The Labute approximate surface area is 157 Å². The number of hydrogen-bond acceptors (Lipinski definition) is 4. The van der Waals surface area contributed by atoms with Crippen LogP contribution in [-0.4, -0.2) is 64.0 Å². The molecule has 0 heterocycles. The van der Waals surface area contributed by atoms with Crippen LogP contribution in [-0.2, 0) is 4.74 Å². The van der Waals surface area contributed by atoms with Gasteiger partial charge in [-0.2, -0.15) is 0 Å². The van der Waals surface area contributed by atoms with E-state index in [-0.39, 0.29) is 6.10 Å². The molecule has 26 heavy (non-hydrogen) atoms. The molecule has 1 aliphatic carbocycles. The van der Waals surface area contributed by atoms with Crippen LogP contribution < -0.4 is 14.8 Å². The van der Waals surface area contributed by atoms with Gasteiger partial charge in [0.05, 0.1) is 20.3 Å². The Morgan fingerprint density at radius 2 is 2.04 bits per heavy atom. The molecular formula is C20H33N3O3. The summed E-state index contributed by atoms with van der Waals surface area (Å²) in [6.45, 7) is 7.91. The first-order valence-electron chi connectivity index (χ1n) is 9.50. The minimum Gasteiger partial charge on any atom is -0.493 e. The average molecular weight is 364 g/mol. The highest BCUT2D eigenvalue weighted by Crippen LogP contribution is 2.28. The maximum Gasteiger partial charge on any atom is 0.193 e. The van der Waals surface area contributed by atoms with E-state index in [0.717, 1.165) is 49.7 Å². The summed E-state index contributed by atoms with van der Waals surface area (Å²) in [6, 6.07) is 7.67. The fourth-order valence-electron chi connectivity index (χ4n) is 2.50. The van der Waals surface area contributed by atoms with Gasteiger partial charge in [0.25, 0.3) is 0 Å². The maximum atomic E-state index is 5.97. The second-order valence-corrected chi connectivity index (χ2v) is 6.71. The fraction of sp³-hybridized carbons (Fsp3) is 0.650. The molecule has 0 aliphatic heterocycles. The molecule has 1 aromatic carbocycles. The maximum absolute atomic E-state index is 5.97. The average Bonchev–Trinajstić information content (AvgIpc) is 3.47. The van der Waals surface area contributed by atoms with E-state index in [4.69, 9.17) is 19.2 Å². The number of methoxy groups -OCH3 is 1. The Morgan fingerprint density at radius 1 is 1.31 bits per heavy atom. The van der Waals surface area contributed by atoms with Gasteiger partial charge < -0.3 is 24.4 Å². The number of guanidine groups is 1. The van der Waals surface area contributed by atoms with Crippen LogP contribution in [0.25, 0.3) is 0 Å². The Morgan fingerprint density at radius 3 is 2.69 bits per heavy atom. The molecule has 0 saturated heterocycles. The van der Waals surface area contributed by atoms with E-state index < -0.39 is 0 Å². The van der Waals surface area contributed by atoms with E-state index in [2.05, 4.69) is 17.1 Å². The van der Waals surface area contributed by atoms with Crippen LogP contribution in [0, 0.1) is 5.92 Å². The summed E-state index contributed by atoms with van der Waals surface area (Å²) in [5.41, 5.74) is 0. The van der Waals surface area contributed by atoms with Crippen LogP contribution in [0.2, 0.25) is 0 Å². The molecule has 1 aliphatic rings. The monoisotopic (exact) mass is 363 g/mol.